The highest BCUT2D eigenvalue weighted by molar-refractivity contribution is 7.11. The third-order valence-corrected chi connectivity index (χ3v) is 3.85. The number of nitrogens with zero attached hydrogens (tertiary/aromatic N) is 1. The fourth-order valence-corrected chi connectivity index (χ4v) is 2.47. The summed E-state index contributed by atoms with van der Waals surface area (Å²) in [7, 11) is 0. The summed E-state index contributed by atoms with van der Waals surface area (Å²) >= 11 is 1.81. The maximum atomic E-state index is 5.74. The molecule has 0 amide bonds. The molecule has 0 aliphatic rings. The smallest absolute Gasteiger partial charge is 0.0934 e. The van der Waals surface area contributed by atoms with Crippen molar-refractivity contribution in [3.05, 3.63) is 15.6 Å². The highest BCUT2D eigenvalue weighted by Gasteiger charge is 2.14. The molecule has 0 spiro atoms. The van der Waals surface area contributed by atoms with Crippen molar-refractivity contribution < 1.29 is 0 Å². The van der Waals surface area contributed by atoms with Crippen molar-refractivity contribution in [1.29, 1.82) is 0 Å². The van der Waals surface area contributed by atoms with Crippen LogP contribution in [0.3, 0.4) is 0 Å². The van der Waals surface area contributed by atoms with Crippen LogP contribution >= 0.6 is 11.3 Å². The molecule has 14 heavy (non-hydrogen) atoms. The summed E-state index contributed by atoms with van der Waals surface area (Å²) in [5.74, 6) is 1.21. The van der Waals surface area contributed by atoms with Crippen LogP contribution in [-0.4, -0.2) is 11.5 Å². The Morgan fingerprint density at radius 1 is 1.36 bits per heavy atom. The van der Waals surface area contributed by atoms with Crippen LogP contribution in [0, 0.1) is 25.7 Å². The highest BCUT2D eigenvalue weighted by atomic mass is 32.1. The maximum absolute atomic E-state index is 5.74. The van der Waals surface area contributed by atoms with E-state index in [2.05, 4.69) is 32.7 Å². The molecule has 1 rings (SSSR count). The van der Waals surface area contributed by atoms with Crippen LogP contribution in [0.15, 0.2) is 0 Å². The van der Waals surface area contributed by atoms with E-state index in [1.165, 1.54) is 15.6 Å². The Bertz CT molecular complexity index is 272. The van der Waals surface area contributed by atoms with Crippen molar-refractivity contribution in [3.63, 3.8) is 0 Å². The van der Waals surface area contributed by atoms with Crippen molar-refractivity contribution in [3.8, 4) is 0 Å². The van der Waals surface area contributed by atoms with E-state index in [0.29, 0.717) is 11.8 Å². The van der Waals surface area contributed by atoms with Gasteiger partial charge in [0.15, 0.2) is 0 Å². The molecular weight excluding hydrogens is 192 g/mol. The summed E-state index contributed by atoms with van der Waals surface area (Å²) < 4.78 is 0. The fourth-order valence-electron chi connectivity index (χ4n) is 1.44. The van der Waals surface area contributed by atoms with Gasteiger partial charge in [0.25, 0.3) is 0 Å². The predicted molar refractivity (Wildman–Crippen MR) is 62.7 cm³/mol. The molecule has 0 radical (unpaired) electrons. The van der Waals surface area contributed by atoms with Gasteiger partial charge >= 0.3 is 0 Å². The molecular formula is C11H20N2S. The number of rotatable bonds is 4. The minimum Gasteiger partial charge on any atom is -0.330 e. The van der Waals surface area contributed by atoms with E-state index in [1.54, 1.807) is 0 Å². The number of aryl methyl sites for hydroxylation is 2. The van der Waals surface area contributed by atoms with E-state index in [9.17, 15) is 0 Å². The summed E-state index contributed by atoms with van der Waals surface area (Å²) in [4.78, 5) is 5.88. The third-order valence-electron chi connectivity index (χ3n) is 2.76. The monoisotopic (exact) mass is 212 g/mol. The zero-order valence-electron chi connectivity index (χ0n) is 9.50. The first-order valence-corrected chi connectivity index (χ1v) is 5.99. The van der Waals surface area contributed by atoms with E-state index in [4.69, 9.17) is 5.73 Å². The van der Waals surface area contributed by atoms with Crippen LogP contribution in [0.4, 0.5) is 0 Å². The van der Waals surface area contributed by atoms with Crippen LogP contribution in [0.2, 0.25) is 0 Å². The Morgan fingerprint density at radius 3 is 2.36 bits per heavy atom. The zero-order valence-corrected chi connectivity index (χ0v) is 10.3. The molecule has 0 aromatic carbocycles. The Morgan fingerprint density at radius 2 is 2.00 bits per heavy atom. The standard InChI is InChI=1S/C11H20N2S/c1-7(2)10(6-12)5-11-13-8(3)9(4)14-11/h7,10H,5-6,12H2,1-4H3. The number of aromatic nitrogens is 1. The minimum atomic E-state index is 0.569. The van der Waals surface area contributed by atoms with Crippen LogP contribution in [0.25, 0.3) is 0 Å². The quantitative estimate of drug-likeness (QED) is 0.833. The molecule has 0 aliphatic heterocycles. The zero-order chi connectivity index (χ0) is 10.7. The molecule has 80 valence electrons. The third kappa shape index (κ3) is 2.79. The molecule has 1 aromatic heterocycles. The molecule has 2 N–H and O–H groups in total. The first kappa shape index (κ1) is 11.7. The lowest BCUT2D eigenvalue weighted by molar-refractivity contribution is 0.391. The van der Waals surface area contributed by atoms with Gasteiger partial charge in [-0.2, -0.15) is 0 Å². The fraction of sp³-hybridized carbons (Fsp3) is 0.727. The van der Waals surface area contributed by atoms with E-state index in [1.807, 2.05) is 11.3 Å². The summed E-state index contributed by atoms with van der Waals surface area (Å²) in [5, 5.41) is 1.24. The molecule has 1 heterocycles. The van der Waals surface area contributed by atoms with Gasteiger partial charge in [-0.15, -0.1) is 11.3 Å². The lowest BCUT2D eigenvalue weighted by Crippen LogP contribution is -2.22. The van der Waals surface area contributed by atoms with Gasteiger partial charge in [0.05, 0.1) is 10.7 Å². The highest BCUT2D eigenvalue weighted by Crippen LogP contribution is 2.22. The van der Waals surface area contributed by atoms with E-state index < -0.39 is 0 Å². The molecule has 3 heteroatoms. The first-order chi connectivity index (χ1) is 6.54. The molecule has 0 saturated carbocycles. The molecule has 0 saturated heterocycles. The summed E-state index contributed by atoms with van der Waals surface area (Å²) in [6.45, 7) is 9.41. The van der Waals surface area contributed by atoms with Gasteiger partial charge < -0.3 is 5.73 Å². The maximum Gasteiger partial charge on any atom is 0.0934 e. The second-order valence-electron chi connectivity index (χ2n) is 4.19. The number of nitrogens with two attached hydrogens (primary N) is 1. The van der Waals surface area contributed by atoms with Crippen molar-refractivity contribution >= 4 is 11.3 Å². The van der Waals surface area contributed by atoms with Gasteiger partial charge in [-0.1, -0.05) is 13.8 Å². The van der Waals surface area contributed by atoms with Crippen LogP contribution < -0.4 is 5.73 Å². The number of hydrogen-bond acceptors (Lipinski definition) is 3. The lowest BCUT2D eigenvalue weighted by Gasteiger charge is -2.16. The second-order valence-corrected chi connectivity index (χ2v) is 5.48. The summed E-state index contributed by atoms with van der Waals surface area (Å²) in [6.07, 6.45) is 1.04. The van der Waals surface area contributed by atoms with E-state index in [0.717, 1.165) is 13.0 Å². The van der Waals surface area contributed by atoms with Gasteiger partial charge in [0.2, 0.25) is 0 Å². The Hall–Kier alpha value is -0.410. The molecule has 1 atom stereocenters. The summed E-state index contributed by atoms with van der Waals surface area (Å²) in [5.41, 5.74) is 6.91. The lowest BCUT2D eigenvalue weighted by atomic mass is 9.93. The van der Waals surface area contributed by atoms with E-state index >= 15 is 0 Å². The largest absolute Gasteiger partial charge is 0.330 e. The first-order valence-electron chi connectivity index (χ1n) is 5.17. The van der Waals surface area contributed by atoms with Crippen molar-refractivity contribution in [2.24, 2.45) is 17.6 Å². The summed E-state index contributed by atoms with van der Waals surface area (Å²) in [6, 6.07) is 0. The number of hydrogen-bond donors (Lipinski definition) is 1. The second kappa shape index (κ2) is 4.89. The minimum absolute atomic E-state index is 0.569. The van der Waals surface area contributed by atoms with Crippen LogP contribution in [0.5, 0.6) is 0 Å². The van der Waals surface area contributed by atoms with Gasteiger partial charge in [0, 0.05) is 11.3 Å². The number of thiazole rings is 1. The van der Waals surface area contributed by atoms with Crippen LogP contribution in [-0.2, 0) is 6.42 Å². The SMILES string of the molecule is Cc1nc(CC(CN)C(C)C)sc1C. The molecule has 2 nitrogen and oxygen atoms in total. The van der Waals surface area contributed by atoms with Crippen molar-refractivity contribution in [2.75, 3.05) is 6.54 Å². The van der Waals surface area contributed by atoms with Gasteiger partial charge in [-0.25, -0.2) is 4.98 Å². The van der Waals surface area contributed by atoms with E-state index in [-0.39, 0.29) is 0 Å². The van der Waals surface area contributed by atoms with Crippen LogP contribution in [0.1, 0.15) is 29.4 Å². The van der Waals surface area contributed by atoms with Crippen molar-refractivity contribution in [2.45, 2.75) is 34.1 Å². The predicted octanol–water partition coefficient (Wildman–Crippen LogP) is 2.53. The van der Waals surface area contributed by atoms with Gasteiger partial charge in [-0.3, -0.25) is 0 Å². The normalized spacial score (nSPS) is 13.6. The Balaban J connectivity index is 2.67. The molecule has 0 bridgehead atoms. The van der Waals surface area contributed by atoms with Crippen molar-refractivity contribution in [1.82, 2.24) is 4.98 Å². The molecule has 1 unspecified atom stereocenters. The average molecular weight is 212 g/mol. The van der Waals surface area contributed by atoms with Gasteiger partial charge in [-0.05, 0) is 32.2 Å². The Labute approximate surface area is 90.6 Å². The average Bonchev–Trinajstić information content (AvgIpc) is 2.41. The topological polar surface area (TPSA) is 38.9 Å². The molecule has 0 fully saturated rings. The van der Waals surface area contributed by atoms with Gasteiger partial charge in [0.1, 0.15) is 0 Å². The molecule has 0 aliphatic carbocycles. The Kier molecular flexibility index (Phi) is 4.08. The molecule has 1 aromatic rings.